The zero-order valence-corrected chi connectivity index (χ0v) is 12.5. The molecule has 0 aliphatic heterocycles. The second kappa shape index (κ2) is 7.85. The van der Waals surface area contributed by atoms with Crippen molar-refractivity contribution in [1.29, 1.82) is 0 Å². The first-order valence-corrected chi connectivity index (χ1v) is 7.04. The highest BCUT2D eigenvalue weighted by Gasteiger charge is 2.19. The summed E-state index contributed by atoms with van der Waals surface area (Å²) in [6.45, 7) is 4.99. The van der Waals surface area contributed by atoms with Gasteiger partial charge >= 0.3 is 0 Å². The van der Waals surface area contributed by atoms with Crippen LogP contribution in [0.15, 0.2) is 28.7 Å². The number of ether oxygens (including phenoxy) is 1. The molecule has 0 bridgehead atoms. The second-order valence-corrected chi connectivity index (χ2v) is 4.95. The van der Waals surface area contributed by atoms with Gasteiger partial charge in [0.05, 0.1) is 6.10 Å². The molecule has 0 spiro atoms. The summed E-state index contributed by atoms with van der Waals surface area (Å²) in [6, 6.07) is 8.73. The van der Waals surface area contributed by atoms with Crippen molar-refractivity contribution in [3.63, 3.8) is 0 Å². The third kappa shape index (κ3) is 4.41. The van der Waals surface area contributed by atoms with E-state index in [1.807, 2.05) is 20.0 Å². The van der Waals surface area contributed by atoms with Gasteiger partial charge in [-0.15, -0.1) is 0 Å². The Morgan fingerprint density at radius 2 is 2.00 bits per heavy atom. The van der Waals surface area contributed by atoms with Crippen LogP contribution >= 0.6 is 15.9 Å². The van der Waals surface area contributed by atoms with Gasteiger partial charge in [-0.1, -0.05) is 41.1 Å². The highest BCUT2D eigenvalue weighted by atomic mass is 79.9. The number of benzene rings is 1. The van der Waals surface area contributed by atoms with Gasteiger partial charge in [0, 0.05) is 17.1 Å². The summed E-state index contributed by atoms with van der Waals surface area (Å²) in [5, 5.41) is 3.37. The Labute approximate surface area is 113 Å². The Kier molecular flexibility index (Phi) is 6.78. The lowest BCUT2D eigenvalue weighted by Gasteiger charge is -2.26. The third-order valence-corrected chi connectivity index (χ3v) is 3.77. The molecule has 96 valence electrons. The zero-order chi connectivity index (χ0) is 12.7. The first kappa shape index (κ1) is 14.7. The predicted molar refractivity (Wildman–Crippen MR) is 76.4 cm³/mol. The molecule has 0 aromatic heterocycles. The van der Waals surface area contributed by atoms with E-state index in [1.54, 1.807) is 0 Å². The monoisotopic (exact) mass is 299 g/mol. The van der Waals surface area contributed by atoms with Crippen molar-refractivity contribution < 1.29 is 4.74 Å². The van der Waals surface area contributed by atoms with Gasteiger partial charge in [-0.25, -0.2) is 0 Å². The molecule has 0 fully saturated rings. The lowest BCUT2D eigenvalue weighted by atomic mass is 10.00. The molecule has 2 unspecified atom stereocenters. The van der Waals surface area contributed by atoms with Crippen LogP contribution in [-0.2, 0) is 11.2 Å². The van der Waals surface area contributed by atoms with E-state index in [4.69, 9.17) is 4.74 Å². The van der Waals surface area contributed by atoms with Gasteiger partial charge < -0.3 is 10.1 Å². The number of nitrogens with one attached hydrogen (secondary N) is 1. The molecule has 1 rings (SSSR count). The highest BCUT2D eigenvalue weighted by Crippen LogP contribution is 2.19. The van der Waals surface area contributed by atoms with Gasteiger partial charge in [0.1, 0.15) is 0 Å². The van der Waals surface area contributed by atoms with Gasteiger partial charge in [-0.3, -0.25) is 0 Å². The van der Waals surface area contributed by atoms with E-state index in [9.17, 15) is 0 Å². The van der Waals surface area contributed by atoms with Crippen molar-refractivity contribution in [3.8, 4) is 0 Å². The van der Waals surface area contributed by atoms with E-state index in [2.05, 4.69) is 46.4 Å². The van der Waals surface area contributed by atoms with Gasteiger partial charge in [0.2, 0.25) is 0 Å². The molecule has 0 amide bonds. The SMILES string of the molecule is CCOC(CC)C(Cc1ccccc1Br)NC. The first-order chi connectivity index (χ1) is 8.22. The van der Waals surface area contributed by atoms with E-state index in [-0.39, 0.29) is 6.10 Å². The van der Waals surface area contributed by atoms with Crippen LogP contribution in [0.4, 0.5) is 0 Å². The molecule has 1 N–H and O–H groups in total. The topological polar surface area (TPSA) is 21.3 Å². The zero-order valence-electron chi connectivity index (χ0n) is 10.9. The number of likely N-dealkylation sites (N-methyl/N-ethyl adjacent to an activating group) is 1. The Bertz CT molecular complexity index is 330. The molecule has 2 nitrogen and oxygen atoms in total. The molecule has 3 heteroatoms. The summed E-state index contributed by atoms with van der Waals surface area (Å²) in [5.41, 5.74) is 1.32. The Balaban J connectivity index is 2.72. The van der Waals surface area contributed by atoms with Crippen molar-refractivity contribution >= 4 is 15.9 Å². The van der Waals surface area contributed by atoms with Gasteiger partial charge in [-0.05, 0) is 38.4 Å². The van der Waals surface area contributed by atoms with Crippen LogP contribution < -0.4 is 5.32 Å². The molecule has 1 aromatic carbocycles. The minimum Gasteiger partial charge on any atom is -0.377 e. The van der Waals surface area contributed by atoms with Crippen molar-refractivity contribution in [2.75, 3.05) is 13.7 Å². The Morgan fingerprint density at radius 3 is 2.53 bits per heavy atom. The average Bonchev–Trinajstić information content (AvgIpc) is 2.35. The van der Waals surface area contributed by atoms with Crippen molar-refractivity contribution in [2.24, 2.45) is 0 Å². The molecule has 0 aliphatic carbocycles. The Hall–Kier alpha value is -0.380. The minimum absolute atomic E-state index is 0.275. The standard InChI is InChI=1S/C14H22BrNO/c1-4-14(17-5-2)13(16-3)10-11-8-6-7-9-12(11)15/h6-9,13-14,16H,4-5,10H2,1-3H3. The predicted octanol–water partition coefficient (Wildman–Crippen LogP) is 3.39. The van der Waals surface area contributed by atoms with E-state index in [0.717, 1.165) is 19.4 Å². The Morgan fingerprint density at radius 1 is 1.29 bits per heavy atom. The lowest BCUT2D eigenvalue weighted by molar-refractivity contribution is 0.0338. The van der Waals surface area contributed by atoms with E-state index in [0.29, 0.717) is 6.04 Å². The first-order valence-electron chi connectivity index (χ1n) is 6.25. The van der Waals surface area contributed by atoms with Gasteiger partial charge in [0.15, 0.2) is 0 Å². The van der Waals surface area contributed by atoms with E-state index in [1.165, 1.54) is 10.0 Å². The summed E-state index contributed by atoms with van der Waals surface area (Å²) in [6.07, 6.45) is 2.29. The summed E-state index contributed by atoms with van der Waals surface area (Å²) >= 11 is 3.60. The molecule has 0 saturated carbocycles. The molecule has 0 saturated heterocycles. The van der Waals surface area contributed by atoms with E-state index < -0.39 is 0 Å². The van der Waals surface area contributed by atoms with Crippen molar-refractivity contribution in [2.45, 2.75) is 38.8 Å². The quantitative estimate of drug-likeness (QED) is 0.833. The largest absolute Gasteiger partial charge is 0.377 e. The maximum absolute atomic E-state index is 5.78. The number of hydrogen-bond donors (Lipinski definition) is 1. The highest BCUT2D eigenvalue weighted by molar-refractivity contribution is 9.10. The fourth-order valence-corrected chi connectivity index (χ4v) is 2.50. The molecule has 0 radical (unpaired) electrons. The molecular weight excluding hydrogens is 278 g/mol. The molecule has 0 heterocycles. The van der Waals surface area contributed by atoms with Crippen molar-refractivity contribution in [1.82, 2.24) is 5.32 Å². The summed E-state index contributed by atoms with van der Waals surface area (Å²) in [4.78, 5) is 0. The van der Waals surface area contributed by atoms with Crippen LogP contribution in [0.5, 0.6) is 0 Å². The fraction of sp³-hybridized carbons (Fsp3) is 0.571. The van der Waals surface area contributed by atoms with Crippen LogP contribution in [0, 0.1) is 0 Å². The van der Waals surface area contributed by atoms with Crippen LogP contribution in [0.25, 0.3) is 0 Å². The number of rotatable bonds is 7. The summed E-state index contributed by atoms with van der Waals surface area (Å²) in [7, 11) is 2.00. The summed E-state index contributed by atoms with van der Waals surface area (Å²) < 4.78 is 6.95. The van der Waals surface area contributed by atoms with Gasteiger partial charge in [-0.2, -0.15) is 0 Å². The van der Waals surface area contributed by atoms with Crippen molar-refractivity contribution in [3.05, 3.63) is 34.3 Å². The third-order valence-electron chi connectivity index (χ3n) is 3.00. The minimum atomic E-state index is 0.275. The van der Waals surface area contributed by atoms with E-state index >= 15 is 0 Å². The van der Waals surface area contributed by atoms with Crippen LogP contribution in [0.1, 0.15) is 25.8 Å². The van der Waals surface area contributed by atoms with Crippen LogP contribution in [0.3, 0.4) is 0 Å². The average molecular weight is 300 g/mol. The maximum atomic E-state index is 5.78. The summed E-state index contributed by atoms with van der Waals surface area (Å²) in [5.74, 6) is 0. The van der Waals surface area contributed by atoms with Crippen LogP contribution in [0.2, 0.25) is 0 Å². The normalized spacial score (nSPS) is 14.6. The molecule has 17 heavy (non-hydrogen) atoms. The lowest BCUT2D eigenvalue weighted by Crippen LogP contribution is -2.40. The smallest absolute Gasteiger partial charge is 0.0728 e. The fourth-order valence-electron chi connectivity index (χ4n) is 2.05. The van der Waals surface area contributed by atoms with Gasteiger partial charge in [0.25, 0.3) is 0 Å². The molecule has 2 atom stereocenters. The molecular formula is C14H22BrNO. The number of hydrogen-bond acceptors (Lipinski definition) is 2. The second-order valence-electron chi connectivity index (χ2n) is 4.09. The maximum Gasteiger partial charge on any atom is 0.0728 e. The molecule has 0 aliphatic rings. The van der Waals surface area contributed by atoms with Crippen LogP contribution in [-0.4, -0.2) is 25.8 Å². The molecule has 1 aromatic rings. The number of halogens is 1.